The minimum absolute atomic E-state index is 0.00771. The van der Waals surface area contributed by atoms with Gasteiger partial charge in [0, 0.05) is 44.6 Å². The lowest BCUT2D eigenvalue weighted by atomic mass is 9.95. The van der Waals surface area contributed by atoms with Crippen LogP contribution in [-0.2, 0) is 29.0 Å². The van der Waals surface area contributed by atoms with Gasteiger partial charge in [0.2, 0.25) is 0 Å². The molecule has 61 heavy (non-hydrogen) atoms. The molecule has 0 fully saturated rings. The van der Waals surface area contributed by atoms with Crippen molar-refractivity contribution in [1.29, 1.82) is 0 Å². The van der Waals surface area contributed by atoms with Gasteiger partial charge in [0.05, 0.1) is 22.3 Å². The highest BCUT2D eigenvalue weighted by Crippen LogP contribution is 2.21. The third-order valence-corrected chi connectivity index (χ3v) is 9.36. The minimum Gasteiger partial charge on any atom is -0.478 e. The first-order chi connectivity index (χ1) is 28.2. The lowest BCUT2D eigenvalue weighted by molar-refractivity contribution is -0.115. The smallest absolute Gasteiger partial charge is 0.335 e. The Morgan fingerprint density at radius 1 is 0.607 bits per heavy atom. The van der Waals surface area contributed by atoms with Crippen LogP contribution in [0.2, 0.25) is 0 Å². The van der Waals surface area contributed by atoms with Gasteiger partial charge in [0.25, 0.3) is 11.1 Å². The number of Topliss-reactive ketones (excluding diaryl/α,β-unsaturated/α-hetero) is 2. The Morgan fingerprint density at radius 3 is 1.25 bits per heavy atom. The number of aromatic nitrogens is 2. The number of rotatable bonds is 9. The molecule has 3 aromatic carbocycles. The number of carbonyl (C=O) groups is 4. The summed E-state index contributed by atoms with van der Waals surface area (Å²) in [5.41, 5.74) is 10.9. The van der Waals surface area contributed by atoms with Crippen molar-refractivity contribution in [3.05, 3.63) is 171 Å². The highest BCUT2D eigenvalue weighted by molar-refractivity contribution is 14.1. The number of carbonyl (C=O) groups excluding carboxylic acids is 2. The van der Waals surface area contributed by atoms with Crippen LogP contribution < -0.4 is 16.9 Å². The molecule has 0 saturated carbocycles. The molecule has 2 aromatic heterocycles. The lowest BCUT2D eigenvalue weighted by Crippen LogP contribution is -2.18. The third-order valence-electron chi connectivity index (χ3n) is 8.64. The second-order valence-electron chi connectivity index (χ2n) is 15.3. The second-order valence-corrected chi connectivity index (χ2v) is 16.6. The zero-order valence-corrected chi connectivity index (χ0v) is 38.6. The van der Waals surface area contributed by atoms with E-state index < -0.39 is 23.1 Å². The van der Waals surface area contributed by atoms with Crippen molar-refractivity contribution in [2.75, 3.05) is 0 Å². The first-order valence-electron chi connectivity index (χ1n) is 19.1. The van der Waals surface area contributed by atoms with Crippen LogP contribution in [0.5, 0.6) is 0 Å². The molecule has 0 aliphatic rings. The zero-order chi connectivity index (χ0) is 46.8. The van der Waals surface area contributed by atoms with E-state index in [9.17, 15) is 39.0 Å². The topological polar surface area (TPSA) is 241 Å². The number of carboxylic acids is 2. The van der Waals surface area contributed by atoms with Crippen molar-refractivity contribution < 1.29 is 39.6 Å². The van der Waals surface area contributed by atoms with E-state index in [2.05, 4.69) is 32.6 Å². The molecule has 0 aliphatic heterocycles. The Hall–Kier alpha value is -5.55. The van der Waals surface area contributed by atoms with Gasteiger partial charge in [-0.2, -0.15) is 0 Å². The van der Waals surface area contributed by atoms with Crippen molar-refractivity contribution in [3.8, 4) is 0 Å². The molecule has 0 atom stereocenters. The van der Waals surface area contributed by atoms with E-state index in [-0.39, 0.29) is 34.7 Å². The lowest BCUT2D eigenvalue weighted by Gasteiger charge is -2.17. The summed E-state index contributed by atoms with van der Waals surface area (Å²) in [5, 5.41) is 36.6. The van der Waals surface area contributed by atoms with Crippen LogP contribution >= 0.6 is 22.6 Å². The number of pyridine rings is 2. The summed E-state index contributed by atoms with van der Waals surface area (Å²) in [6.07, 6.45) is 0.711. The maximum atomic E-state index is 12.3. The molecule has 0 spiro atoms. The van der Waals surface area contributed by atoms with Crippen molar-refractivity contribution in [2.45, 2.75) is 99.8 Å². The average Bonchev–Trinajstić information content (AvgIpc) is 3.14. The van der Waals surface area contributed by atoms with Gasteiger partial charge in [0.1, 0.15) is 5.78 Å². The Balaban J connectivity index is 0.000000418. The fraction of sp³-hybridized carbons (Fsp3) is 0.319. The van der Waals surface area contributed by atoms with Gasteiger partial charge in [-0.05, 0) is 169 Å². The van der Waals surface area contributed by atoms with E-state index >= 15 is 0 Å². The number of ketones is 2. The summed E-state index contributed by atoms with van der Waals surface area (Å²) in [4.78, 5) is 71.1. The fourth-order valence-electron chi connectivity index (χ4n) is 5.39. The van der Waals surface area contributed by atoms with Crippen molar-refractivity contribution in [3.63, 3.8) is 0 Å². The highest BCUT2D eigenvalue weighted by atomic mass is 127. The van der Waals surface area contributed by atoms with Crippen LogP contribution in [0.4, 0.5) is 0 Å². The molecule has 5 aromatic rings. The molecule has 0 bridgehead atoms. The number of nitrogens with two attached hydrogens (primary N) is 1. The molecule has 0 aliphatic carbocycles. The van der Waals surface area contributed by atoms with Gasteiger partial charge in [-0.1, -0.05) is 36.4 Å². The summed E-state index contributed by atoms with van der Waals surface area (Å²) in [6.45, 7) is 17.6. The number of halogens is 1. The fourth-order valence-corrected chi connectivity index (χ4v) is 5.75. The summed E-state index contributed by atoms with van der Waals surface area (Å²) in [5.74, 6) is -1.68. The zero-order valence-electron chi connectivity index (χ0n) is 36.4. The second kappa shape index (κ2) is 24.6. The number of H-pyrrole nitrogens is 2. The largest absolute Gasteiger partial charge is 0.478 e. The van der Waals surface area contributed by atoms with E-state index in [0.717, 1.165) is 31.6 Å². The van der Waals surface area contributed by atoms with Crippen LogP contribution in [0.25, 0.3) is 0 Å². The van der Waals surface area contributed by atoms with Gasteiger partial charge < -0.3 is 40.9 Å². The van der Waals surface area contributed by atoms with Gasteiger partial charge >= 0.3 is 11.9 Å². The molecular formula is C47H58IN3O10. The number of aromatic amines is 2. The van der Waals surface area contributed by atoms with Gasteiger partial charge in [0.15, 0.2) is 5.78 Å². The summed E-state index contributed by atoms with van der Waals surface area (Å²) in [6, 6.07) is 23.7. The predicted molar refractivity (Wildman–Crippen MR) is 246 cm³/mol. The molecule has 2 heterocycles. The molecule has 0 unspecified atom stereocenters. The number of hydrogen-bond donors (Lipinski definition) is 7. The van der Waals surface area contributed by atoms with Crippen LogP contribution in [0.1, 0.15) is 124 Å². The molecule has 328 valence electrons. The van der Waals surface area contributed by atoms with Gasteiger partial charge in [-0.15, -0.1) is 0 Å². The standard InChI is InChI=1S/C19H23NO3.C10H12O3.C8H12N2O.C7H5IO2.C3H6O/c1-12-11-13(2)20-18(22)16(12)9-10-17(21)14-5-7-15(8-6-14)19(3,4)23;1-10(2,13)8-5-3-7(4-6-8)9(11)12;1-5-3-6(2)10-8(11)7(5)4-9;8-6-3-1-5(2-4-6)7(9)10;1-3(2)4/h5-8,11,23H,9-10H2,1-4H3,(H,20,22);3-6,13H,1-2H3,(H,11,12);3H,4,9H2,1-2H3,(H,10,11);1-4H,(H,9,10);1-2H3. The number of aliphatic hydroxyl groups is 2. The van der Waals surface area contributed by atoms with E-state index in [1.54, 1.807) is 88.4 Å². The van der Waals surface area contributed by atoms with E-state index in [1.807, 2.05) is 39.8 Å². The van der Waals surface area contributed by atoms with Crippen LogP contribution in [-0.4, -0.2) is 53.9 Å². The minimum atomic E-state index is -0.956. The van der Waals surface area contributed by atoms with Crippen LogP contribution in [0, 0.1) is 31.3 Å². The van der Waals surface area contributed by atoms with Crippen molar-refractivity contribution in [2.24, 2.45) is 5.73 Å². The third kappa shape index (κ3) is 19.6. The normalized spacial score (nSPS) is 10.5. The Kier molecular flexibility index (Phi) is 21.6. The average molecular weight is 952 g/mol. The number of benzene rings is 3. The maximum absolute atomic E-state index is 12.3. The number of aryl methyl sites for hydroxylation is 4. The van der Waals surface area contributed by atoms with E-state index in [0.29, 0.717) is 40.8 Å². The molecule has 0 amide bonds. The van der Waals surface area contributed by atoms with Crippen LogP contribution in [0.3, 0.4) is 0 Å². The van der Waals surface area contributed by atoms with Crippen molar-refractivity contribution >= 4 is 46.1 Å². The molecule has 8 N–H and O–H groups in total. The van der Waals surface area contributed by atoms with Gasteiger partial charge in [-0.25, -0.2) is 9.59 Å². The van der Waals surface area contributed by atoms with E-state index in [1.165, 1.54) is 26.0 Å². The highest BCUT2D eigenvalue weighted by Gasteiger charge is 2.17. The monoisotopic (exact) mass is 951 g/mol. The van der Waals surface area contributed by atoms with Crippen molar-refractivity contribution in [1.82, 2.24) is 9.97 Å². The molecular weight excluding hydrogens is 893 g/mol. The number of hydrogen-bond acceptors (Lipinski definition) is 9. The quantitative estimate of drug-likeness (QED) is 0.0558. The Morgan fingerprint density at radius 2 is 0.934 bits per heavy atom. The number of nitrogens with one attached hydrogen (secondary N) is 2. The Labute approximate surface area is 370 Å². The first-order valence-corrected chi connectivity index (χ1v) is 20.2. The Bertz CT molecular complexity index is 2350. The molecule has 0 saturated heterocycles. The van der Waals surface area contributed by atoms with Gasteiger partial charge in [-0.3, -0.25) is 14.4 Å². The summed E-state index contributed by atoms with van der Waals surface area (Å²) in [7, 11) is 0. The van der Waals surface area contributed by atoms with E-state index in [4.69, 9.17) is 15.9 Å². The number of carboxylic acid groups (broad SMARTS) is 2. The maximum Gasteiger partial charge on any atom is 0.335 e. The summed E-state index contributed by atoms with van der Waals surface area (Å²) < 4.78 is 1.04. The summed E-state index contributed by atoms with van der Waals surface area (Å²) >= 11 is 2.13. The first kappa shape index (κ1) is 53.5. The predicted octanol–water partition coefficient (Wildman–Crippen LogP) is 7.68. The van der Waals surface area contributed by atoms with Crippen LogP contribution in [0.15, 0.2) is 94.5 Å². The SMILES string of the molecule is CC(C)(O)c1ccc(C(=O)O)cc1.CC(C)=O.Cc1cc(C)c(CCC(=O)c2ccc(C(C)(C)O)cc2)c(=O)[nH]1.Cc1cc(C)c(CN)c(=O)[nH]1.O=C(O)c1ccc(I)cc1. The number of aromatic carboxylic acids is 2. The molecule has 14 heteroatoms. The molecule has 13 nitrogen and oxygen atoms in total. The molecule has 5 rings (SSSR count). The molecule has 0 radical (unpaired) electrons.